The number of carbonyl (C=O) groups is 2. The monoisotopic (exact) mass is 1070 g/mol. The van der Waals surface area contributed by atoms with Gasteiger partial charge in [0.15, 0.2) is 0 Å². The molecule has 0 spiro atoms. The Labute approximate surface area is 474 Å². The number of ether oxygens (including phenoxy) is 1. The number of esters is 1. The van der Waals surface area contributed by atoms with E-state index in [0.717, 1.165) is 51.4 Å². The molecule has 2 unspecified atom stereocenters. The van der Waals surface area contributed by atoms with Gasteiger partial charge in [-0.05, 0) is 83.5 Å². The highest BCUT2D eigenvalue weighted by molar-refractivity contribution is 5.76. The van der Waals surface area contributed by atoms with Gasteiger partial charge in [0.25, 0.3) is 0 Å². The molecule has 0 aliphatic carbocycles. The van der Waals surface area contributed by atoms with Crippen LogP contribution in [0.3, 0.4) is 0 Å². The summed E-state index contributed by atoms with van der Waals surface area (Å²) in [5.74, 6) is -0.0472. The highest BCUT2D eigenvalue weighted by Gasteiger charge is 2.20. The number of unbranched alkanes of at least 4 members (excludes halogenated alkanes) is 47. The van der Waals surface area contributed by atoms with Crippen LogP contribution in [-0.2, 0) is 14.3 Å². The second kappa shape index (κ2) is 65.6. The lowest BCUT2D eigenvalue weighted by Crippen LogP contribution is -2.45. The van der Waals surface area contributed by atoms with Crippen LogP contribution in [0.25, 0.3) is 0 Å². The average molecular weight is 1070 g/mol. The Bertz CT molecular complexity index is 1230. The van der Waals surface area contributed by atoms with Crippen molar-refractivity contribution in [3.8, 4) is 0 Å². The zero-order chi connectivity index (χ0) is 55.0. The van der Waals surface area contributed by atoms with Crippen molar-refractivity contribution in [1.82, 2.24) is 5.32 Å². The first kappa shape index (κ1) is 74.1. The average Bonchev–Trinajstić information content (AvgIpc) is 3.42. The molecule has 448 valence electrons. The number of hydrogen-bond donors (Lipinski definition) is 3. The van der Waals surface area contributed by atoms with E-state index in [1.807, 2.05) is 0 Å². The number of carbonyl (C=O) groups excluding carboxylic acids is 2. The minimum atomic E-state index is -0.672. The Morgan fingerprint density at radius 3 is 1.04 bits per heavy atom. The minimum absolute atomic E-state index is 0.00713. The van der Waals surface area contributed by atoms with Gasteiger partial charge in [-0.15, -0.1) is 0 Å². The molecule has 0 fully saturated rings. The van der Waals surface area contributed by atoms with Gasteiger partial charge in [0.1, 0.15) is 0 Å². The molecule has 3 N–H and O–H groups in total. The fraction of sp³-hybridized carbons (Fsp3) is 0.886. The zero-order valence-corrected chi connectivity index (χ0v) is 51.3. The lowest BCUT2D eigenvalue weighted by molar-refractivity contribution is -0.143. The summed E-state index contributed by atoms with van der Waals surface area (Å²) in [7, 11) is 0. The number of aliphatic hydroxyl groups excluding tert-OH is 2. The van der Waals surface area contributed by atoms with E-state index in [9.17, 15) is 19.8 Å². The normalized spacial score (nSPS) is 12.7. The zero-order valence-electron chi connectivity index (χ0n) is 51.3. The van der Waals surface area contributed by atoms with E-state index in [0.29, 0.717) is 25.9 Å². The molecule has 0 aliphatic heterocycles. The number of allylic oxidation sites excluding steroid dienone is 6. The first-order valence-corrected chi connectivity index (χ1v) is 34.2. The Morgan fingerprint density at radius 1 is 0.368 bits per heavy atom. The number of aliphatic hydroxyl groups is 2. The summed E-state index contributed by atoms with van der Waals surface area (Å²) in [6, 6.07) is -0.550. The van der Waals surface area contributed by atoms with E-state index < -0.39 is 12.1 Å². The fourth-order valence-electron chi connectivity index (χ4n) is 10.7. The quantitative estimate of drug-likeness (QED) is 0.0320. The SMILES string of the molecule is CCCCC/C=C\C/C=C\CCCCCCCC(=O)OCCCCCCCCCCC/C=C\CCCCCCCCCC(=O)NC(CO)C(O)CCCCCCCCCCCCCCCCCCCCCCCCCC. The van der Waals surface area contributed by atoms with E-state index in [-0.39, 0.29) is 18.5 Å². The van der Waals surface area contributed by atoms with Crippen LogP contribution in [-0.4, -0.2) is 47.4 Å². The first-order valence-electron chi connectivity index (χ1n) is 34.2. The summed E-state index contributed by atoms with van der Waals surface area (Å²) < 4.78 is 5.48. The predicted molar refractivity (Wildman–Crippen MR) is 333 cm³/mol. The highest BCUT2D eigenvalue weighted by atomic mass is 16.5. The lowest BCUT2D eigenvalue weighted by atomic mass is 10.0. The molecule has 0 aromatic carbocycles. The number of hydrogen-bond acceptors (Lipinski definition) is 5. The molecule has 0 rings (SSSR count). The van der Waals surface area contributed by atoms with E-state index in [1.54, 1.807) is 0 Å². The second-order valence-corrected chi connectivity index (χ2v) is 23.5. The van der Waals surface area contributed by atoms with Gasteiger partial charge in [0.05, 0.1) is 25.4 Å². The van der Waals surface area contributed by atoms with E-state index in [4.69, 9.17) is 4.74 Å². The molecule has 1 amide bonds. The third-order valence-electron chi connectivity index (χ3n) is 15.9. The smallest absolute Gasteiger partial charge is 0.305 e. The minimum Gasteiger partial charge on any atom is -0.466 e. The summed E-state index contributed by atoms with van der Waals surface area (Å²) in [5.41, 5.74) is 0. The topological polar surface area (TPSA) is 95.9 Å². The van der Waals surface area contributed by atoms with Gasteiger partial charge in [-0.25, -0.2) is 0 Å². The predicted octanol–water partition coefficient (Wildman–Crippen LogP) is 21.9. The van der Waals surface area contributed by atoms with Crippen molar-refractivity contribution in [2.24, 2.45) is 0 Å². The molecular weight excluding hydrogens is 935 g/mol. The van der Waals surface area contributed by atoms with Crippen molar-refractivity contribution in [1.29, 1.82) is 0 Å². The summed E-state index contributed by atoms with van der Waals surface area (Å²) in [6.07, 6.45) is 83.2. The van der Waals surface area contributed by atoms with Crippen LogP contribution in [0.1, 0.15) is 373 Å². The van der Waals surface area contributed by atoms with Crippen molar-refractivity contribution in [3.63, 3.8) is 0 Å². The van der Waals surface area contributed by atoms with Crippen molar-refractivity contribution in [2.45, 2.75) is 386 Å². The molecule has 0 saturated heterocycles. The first-order chi connectivity index (χ1) is 37.5. The summed E-state index contributed by atoms with van der Waals surface area (Å²) in [5, 5.41) is 23.4. The number of nitrogens with one attached hydrogen (secondary N) is 1. The van der Waals surface area contributed by atoms with Crippen molar-refractivity contribution in [3.05, 3.63) is 36.5 Å². The lowest BCUT2D eigenvalue weighted by Gasteiger charge is -2.22. The standard InChI is InChI=1S/C70H133NO5/c1-3-5-7-9-11-13-15-17-19-20-21-22-23-24-25-28-31-35-38-42-46-50-54-58-62-68(73)67(66-72)71-69(74)63-59-55-51-47-43-39-36-32-29-26-27-30-33-37-41-45-49-53-57-61-65-76-70(75)64-60-56-52-48-44-40-34-18-16-14-12-10-8-6-4-2/h12,14,18,26,29,34,67-68,72-73H,3-11,13,15-17,19-25,27-28,30-33,35-66H2,1-2H3,(H,71,74)/b14-12-,29-26-,34-18-. The second-order valence-electron chi connectivity index (χ2n) is 23.5. The van der Waals surface area contributed by atoms with Gasteiger partial charge in [-0.1, -0.05) is 314 Å². The molecule has 0 saturated carbocycles. The molecule has 0 aromatic rings. The van der Waals surface area contributed by atoms with Crippen LogP contribution in [0, 0.1) is 0 Å². The Hall–Kier alpha value is -1.92. The number of rotatable bonds is 64. The maximum atomic E-state index is 12.5. The van der Waals surface area contributed by atoms with Crippen LogP contribution in [0.2, 0.25) is 0 Å². The highest BCUT2D eigenvalue weighted by Crippen LogP contribution is 2.18. The van der Waals surface area contributed by atoms with Crippen LogP contribution in [0.5, 0.6) is 0 Å². The van der Waals surface area contributed by atoms with Gasteiger partial charge in [0.2, 0.25) is 5.91 Å². The largest absolute Gasteiger partial charge is 0.466 e. The fourth-order valence-corrected chi connectivity index (χ4v) is 10.7. The van der Waals surface area contributed by atoms with Crippen molar-refractivity contribution >= 4 is 11.9 Å². The van der Waals surface area contributed by atoms with E-state index >= 15 is 0 Å². The van der Waals surface area contributed by atoms with Gasteiger partial charge in [-0.3, -0.25) is 9.59 Å². The summed E-state index contributed by atoms with van der Waals surface area (Å²) in [6.45, 7) is 4.94. The number of amides is 1. The van der Waals surface area contributed by atoms with Gasteiger partial charge in [0, 0.05) is 12.8 Å². The maximum absolute atomic E-state index is 12.5. The molecule has 6 nitrogen and oxygen atoms in total. The molecular formula is C70H133NO5. The molecule has 0 radical (unpaired) electrons. The van der Waals surface area contributed by atoms with Crippen LogP contribution < -0.4 is 5.32 Å². The molecule has 0 heterocycles. The molecule has 0 aliphatic rings. The third-order valence-corrected chi connectivity index (χ3v) is 15.9. The molecule has 76 heavy (non-hydrogen) atoms. The Morgan fingerprint density at radius 2 is 0.658 bits per heavy atom. The van der Waals surface area contributed by atoms with Crippen molar-refractivity contribution in [2.75, 3.05) is 13.2 Å². The summed E-state index contributed by atoms with van der Waals surface area (Å²) in [4.78, 5) is 24.6. The molecule has 0 bridgehead atoms. The summed E-state index contributed by atoms with van der Waals surface area (Å²) >= 11 is 0. The van der Waals surface area contributed by atoms with E-state index in [1.165, 1.54) is 289 Å². The van der Waals surface area contributed by atoms with E-state index in [2.05, 4.69) is 55.6 Å². The van der Waals surface area contributed by atoms with Crippen molar-refractivity contribution < 1.29 is 24.5 Å². The van der Waals surface area contributed by atoms with Crippen LogP contribution in [0.15, 0.2) is 36.5 Å². The van der Waals surface area contributed by atoms with Gasteiger partial charge in [-0.2, -0.15) is 0 Å². The maximum Gasteiger partial charge on any atom is 0.305 e. The molecule has 2 atom stereocenters. The van der Waals surface area contributed by atoms with Crippen LogP contribution in [0.4, 0.5) is 0 Å². The van der Waals surface area contributed by atoms with Gasteiger partial charge >= 0.3 is 5.97 Å². The Kier molecular flexibility index (Phi) is 63.9. The third kappa shape index (κ3) is 61.3. The van der Waals surface area contributed by atoms with Crippen LogP contribution >= 0.6 is 0 Å². The molecule has 6 heteroatoms. The Balaban J connectivity index is 3.43. The van der Waals surface area contributed by atoms with Gasteiger partial charge < -0.3 is 20.3 Å². The molecule has 0 aromatic heterocycles.